The SMILES string of the molecule is O=C(O)CCCS(=O)(=O)O.[Ca+2].[H-].[H-]. The maximum atomic E-state index is 9.98. The molecular formula is C4H10CaO5S. The summed E-state index contributed by atoms with van der Waals surface area (Å²) >= 11 is 0. The van der Waals surface area contributed by atoms with Gasteiger partial charge in [0.1, 0.15) is 0 Å². The summed E-state index contributed by atoms with van der Waals surface area (Å²) in [6.07, 6.45) is -0.284. The van der Waals surface area contributed by atoms with Crippen LogP contribution in [-0.2, 0) is 14.9 Å². The summed E-state index contributed by atoms with van der Waals surface area (Å²) in [4.78, 5) is 9.81. The van der Waals surface area contributed by atoms with Crippen LogP contribution in [0, 0.1) is 0 Å². The fraction of sp³-hybridized carbons (Fsp3) is 0.750. The molecule has 0 radical (unpaired) electrons. The van der Waals surface area contributed by atoms with Crippen LogP contribution in [-0.4, -0.2) is 67.5 Å². The van der Waals surface area contributed by atoms with Crippen LogP contribution in [0.5, 0.6) is 0 Å². The molecule has 0 spiro atoms. The predicted molar refractivity (Wildman–Crippen MR) is 41.3 cm³/mol. The zero-order valence-electron chi connectivity index (χ0n) is 7.86. The van der Waals surface area contributed by atoms with Gasteiger partial charge in [0.25, 0.3) is 10.1 Å². The molecule has 0 amide bonds. The van der Waals surface area contributed by atoms with Crippen LogP contribution < -0.4 is 0 Å². The van der Waals surface area contributed by atoms with E-state index >= 15 is 0 Å². The van der Waals surface area contributed by atoms with Crippen molar-refractivity contribution in [2.75, 3.05) is 5.75 Å². The van der Waals surface area contributed by atoms with Crippen molar-refractivity contribution in [2.45, 2.75) is 12.8 Å². The quantitative estimate of drug-likeness (QED) is 0.486. The van der Waals surface area contributed by atoms with Crippen LogP contribution in [0.25, 0.3) is 0 Å². The first-order valence-electron chi connectivity index (χ1n) is 2.59. The normalized spacial score (nSPS) is 10.3. The zero-order chi connectivity index (χ0) is 8.20. The number of carboxylic acid groups (broad SMARTS) is 1. The van der Waals surface area contributed by atoms with Gasteiger partial charge in [-0.3, -0.25) is 9.35 Å². The number of carbonyl (C=O) groups is 1. The van der Waals surface area contributed by atoms with E-state index in [2.05, 4.69) is 0 Å². The molecule has 0 fully saturated rings. The Morgan fingerprint density at radius 3 is 2.18 bits per heavy atom. The Labute approximate surface area is 97.5 Å². The van der Waals surface area contributed by atoms with Gasteiger partial charge in [0.15, 0.2) is 0 Å². The molecule has 5 nitrogen and oxygen atoms in total. The summed E-state index contributed by atoms with van der Waals surface area (Å²) in [7, 11) is -3.98. The minimum absolute atomic E-state index is 0. The molecule has 11 heavy (non-hydrogen) atoms. The van der Waals surface area contributed by atoms with E-state index in [1.165, 1.54) is 0 Å². The van der Waals surface area contributed by atoms with Crippen molar-refractivity contribution in [3.05, 3.63) is 0 Å². The first kappa shape index (κ1) is 14.2. The largest absolute Gasteiger partial charge is 2.00 e. The fourth-order valence-electron chi connectivity index (χ4n) is 0.406. The molecule has 0 aliphatic carbocycles. The van der Waals surface area contributed by atoms with Gasteiger partial charge < -0.3 is 7.96 Å². The Balaban J connectivity index is -0.000000135. The molecule has 7 heteroatoms. The average molecular weight is 210 g/mol. The third kappa shape index (κ3) is 13.6. The topological polar surface area (TPSA) is 91.7 Å². The van der Waals surface area contributed by atoms with E-state index in [-0.39, 0.29) is 53.4 Å². The number of aliphatic carboxylic acids is 1. The second-order valence-electron chi connectivity index (χ2n) is 1.78. The van der Waals surface area contributed by atoms with Gasteiger partial charge in [-0.25, -0.2) is 0 Å². The number of hydrogen-bond donors (Lipinski definition) is 2. The summed E-state index contributed by atoms with van der Waals surface area (Å²) in [6.45, 7) is 0. The molecular weight excluding hydrogens is 200 g/mol. The van der Waals surface area contributed by atoms with E-state index < -0.39 is 21.8 Å². The molecule has 0 saturated heterocycles. The van der Waals surface area contributed by atoms with E-state index in [1.54, 1.807) is 0 Å². The molecule has 0 heterocycles. The minimum Gasteiger partial charge on any atom is -1.00 e. The van der Waals surface area contributed by atoms with Crippen LogP contribution >= 0.6 is 0 Å². The number of carboxylic acids is 1. The summed E-state index contributed by atoms with van der Waals surface area (Å²) in [5.41, 5.74) is 0. The van der Waals surface area contributed by atoms with E-state index in [0.29, 0.717) is 0 Å². The summed E-state index contributed by atoms with van der Waals surface area (Å²) in [6, 6.07) is 0. The molecule has 0 aliphatic heterocycles. The zero-order valence-corrected chi connectivity index (χ0v) is 8.88. The van der Waals surface area contributed by atoms with Crippen molar-refractivity contribution in [1.82, 2.24) is 0 Å². The predicted octanol–water partition coefficient (Wildman–Crippen LogP) is -0.417. The molecule has 0 aliphatic rings. The standard InChI is InChI=1S/C4H8O5S.Ca.2H/c5-4(6)2-1-3-10(7,8)9;;;/h1-3H2,(H,5,6)(H,7,8,9);;;/q;+2;2*-1. The Morgan fingerprint density at radius 1 is 1.45 bits per heavy atom. The maximum absolute atomic E-state index is 9.98. The van der Waals surface area contributed by atoms with Crippen molar-refractivity contribution in [3.8, 4) is 0 Å². The molecule has 64 valence electrons. The second kappa shape index (κ2) is 6.19. The molecule has 0 unspecified atom stereocenters. The van der Waals surface area contributed by atoms with Gasteiger partial charge in [-0.1, -0.05) is 0 Å². The Morgan fingerprint density at radius 2 is 1.91 bits per heavy atom. The summed E-state index contributed by atoms with van der Waals surface area (Å²) in [5, 5.41) is 8.03. The third-order valence-electron chi connectivity index (χ3n) is 0.793. The van der Waals surface area contributed by atoms with E-state index in [0.717, 1.165) is 0 Å². The van der Waals surface area contributed by atoms with Crippen LogP contribution in [0.2, 0.25) is 0 Å². The van der Waals surface area contributed by atoms with Crippen molar-refractivity contribution >= 4 is 53.8 Å². The van der Waals surface area contributed by atoms with Crippen molar-refractivity contribution in [1.29, 1.82) is 0 Å². The maximum Gasteiger partial charge on any atom is 2.00 e. The molecule has 2 N–H and O–H groups in total. The Hall–Kier alpha value is 0.640. The summed E-state index contributed by atoms with van der Waals surface area (Å²) < 4.78 is 28.1. The minimum atomic E-state index is -3.98. The average Bonchev–Trinajstić information content (AvgIpc) is 1.59. The molecule has 0 bridgehead atoms. The third-order valence-corrected chi connectivity index (χ3v) is 1.60. The van der Waals surface area contributed by atoms with E-state index in [9.17, 15) is 13.2 Å². The van der Waals surface area contributed by atoms with E-state index in [1.807, 2.05) is 0 Å². The van der Waals surface area contributed by atoms with Gasteiger partial charge in [-0.05, 0) is 6.42 Å². The molecule has 0 rings (SSSR count). The van der Waals surface area contributed by atoms with Gasteiger partial charge in [0, 0.05) is 6.42 Å². The summed E-state index contributed by atoms with van der Waals surface area (Å²) in [5.74, 6) is -1.55. The molecule has 0 saturated carbocycles. The molecule has 0 aromatic rings. The van der Waals surface area contributed by atoms with Crippen molar-refractivity contribution in [3.63, 3.8) is 0 Å². The second-order valence-corrected chi connectivity index (χ2v) is 3.36. The molecule has 0 aromatic heterocycles. The Kier molecular flexibility index (Phi) is 7.98. The number of rotatable bonds is 4. The van der Waals surface area contributed by atoms with Gasteiger partial charge in [0.05, 0.1) is 5.75 Å². The molecule has 0 aromatic carbocycles. The van der Waals surface area contributed by atoms with Crippen LogP contribution in [0.1, 0.15) is 15.7 Å². The van der Waals surface area contributed by atoms with Crippen molar-refractivity contribution in [2.24, 2.45) is 0 Å². The van der Waals surface area contributed by atoms with Crippen molar-refractivity contribution < 1.29 is 25.7 Å². The van der Waals surface area contributed by atoms with Crippen LogP contribution in [0.15, 0.2) is 0 Å². The monoisotopic (exact) mass is 210 g/mol. The van der Waals surface area contributed by atoms with E-state index in [4.69, 9.17) is 9.66 Å². The van der Waals surface area contributed by atoms with Gasteiger partial charge >= 0.3 is 43.7 Å². The first-order valence-corrected chi connectivity index (χ1v) is 4.20. The fourth-order valence-corrected chi connectivity index (χ4v) is 0.915. The smallest absolute Gasteiger partial charge is 1.00 e. The molecule has 0 atom stereocenters. The van der Waals surface area contributed by atoms with Crippen LogP contribution in [0.4, 0.5) is 0 Å². The van der Waals surface area contributed by atoms with Gasteiger partial charge in [-0.15, -0.1) is 0 Å². The first-order chi connectivity index (χ1) is 4.42. The van der Waals surface area contributed by atoms with Gasteiger partial charge in [0.2, 0.25) is 0 Å². The van der Waals surface area contributed by atoms with Crippen LogP contribution in [0.3, 0.4) is 0 Å². The Bertz CT molecular complexity index is 217. The number of hydrogen-bond acceptors (Lipinski definition) is 3. The van der Waals surface area contributed by atoms with Gasteiger partial charge in [-0.2, -0.15) is 8.42 Å².